The van der Waals surface area contributed by atoms with Crippen LogP contribution >= 0.6 is 50.5 Å². The minimum absolute atomic E-state index is 0.0537. The molecule has 18 heavy (non-hydrogen) atoms. The van der Waals surface area contributed by atoms with Gasteiger partial charge in [0.1, 0.15) is 0 Å². The Bertz CT molecular complexity index is 588. The van der Waals surface area contributed by atoms with E-state index in [1.165, 1.54) is 11.3 Å². The van der Waals surface area contributed by atoms with Crippen molar-refractivity contribution >= 4 is 56.3 Å². The van der Waals surface area contributed by atoms with E-state index in [1.807, 2.05) is 13.0 Å². The Labute approximate surface area is 128 Å². The van der Waals surface area contributed by atoms with Gasteiger partial charge in [-0.15, -0.1) is 11.3 Å². The van der Waals surface area contributed by atoms with Gasteiger partial charge in [0.2, 0.25) is 0 Å². The number of hydrogen-bond donors (Lipinski definition) is 0. The molecule has 1 aromatic heterocycles. The number of carbonyl (C=O) groups is 1. The van der Waals surface area contributed by atoms with Gasteiger partial charge in [-0.3, -0.25) is 4.79 Å². The van der Waals surface area contributed by atoms with Crippen LogP contribution in [0.3, 0.4) is 0 Å². The molecule has 1 nitrogen and oxygen atoms in total. The third kappa shape index (κ3) is 3.15. The Morgan fingerprint density at radius 2 is 2.06 bits per heavy atom. The molecule has 0 bridgehead atoms. The first-order valence-corrected chi connectivity index (χ1v) is 7.57. The van der Waals surface area contributed by atoms with Gasteiger partial charge >= 0.3 is 0 Å². The van der Waals surface area contributed by atoms with Crippen LogP contribution < -0.4 is 0 Å². The van der Waals surface area contributed by atoms with Crippen LogP contribution in [0.25, 0.3) is 0 Å². The quantitative estimate of drug-likeness (QED) is 0.653. The zero-order valence-electron chi connectivity index (χ0n) is 9.47. The van der Waals surface area contributed by atoms with Crippen LogP contribution in [0, 0.1) is 6.92 Å². The third-order valence-corrected chi connectivity index (χ3v) is 5.27. The molecule has 0 unspecified atom stereocenters. The second-order valence-electron chi connectivity index (χ2n) is 3.90. The van der Waals surface area contributed by atoms with Crippen LogP contribution in [0.15, 0.2) is 28.1 Å². The molecule has 5 heteroatoms. The lowest BCUT2D eigenvalue weighted by Crippen LogP contribution is -2.01. The highest BCUT2D eigenvalue weighted by molar-refractivity contribution is 9.11. The molecule has 0 aliphatic rings. The molecule has 0 fully saturated rings. The first-order chi connectivity index (χ1) is 8.47. The highest BCUT2D eigenvalue weighted by atomic mass is 79.9. The van der Waals surface area contributed by atoms with E-state index in [-0.39, 0.29) is 12.2 Å². The molecule has 0 spiro atoms. The summed E-state index contributed by atoms with van der Waals surface area (Å²) in [6, 6.07) is 7.04. The van der Waals surface area contributed by atoms with Gasteiger partial charge in [-0.25, -0.2) is 0 Å². The normalized spacial score (nSPS) is 10.7. The Balaban J connectivity index is 2.23. The molecular formula is C13H9BrCl2OS. The standard InChI is InChI=1S/C13H9BrCl2OS/c1-7-4-12(18-13(7)14)11(17)6-8-5-9(15)2-3-10(8)16/h2-5H,6H2,1H3. The maximum Gasteiger partial charge on any atom is 0.177 e. The summed E-state index contributed by atoms with van der Waals surface area (Å²) in [5, 5.41) is 1.16. The molecule has 0 radical (unpaired) electrons. The molecule has 0 aliphatic heterocycles. The van der Waals surface area contributed by atoms with Crippen LogP contribution in [0.5, 0.6) is 0 Å². The van der Waals surface area contributed by atoms with Crippen LogP contribution in [0.4, 0.5) is 0 Å². The summed E-state index contributed by atoms with van der Waals surface area (Å²) in [7, 11) is 0. The first-order valence-electron chi connectivity index (χ1n) is 5.20. The number of thiophene rings is 1. The molecule has 1 heterocycles. The minimum Gasteiger partial charge on any atom is -0.293 e. The molecule has 0 N–H and O–H groups in total. The van der Waals surface area contributed by atoms with Gasteiger partial charge in [0.25, 0.3) is 0 Å². The SMILES string of the molecule is Cc1cc(C(=O)Cc2cc(Cl)ccc2Cl)sc1Br. The average molecular weight is 364 g/mol. The lowest BCUT2D eigenvalue weighted by Gasteiger charge is -2.03. The number of aryl methyl sites for hydroxylation is 1. The van der Waals surface area contributed by atoms with Gasteiger partial charge in [-0.2, -0.15) is 0 Å². The van der Waals surface area contributed by atoms with Crippen LogP contribution in [-0.2, 0) is 6.42 Å². The summed E-state index contributed by atoms with van der Waals surface area (Å²) in [5.74, 6) is 0.0537. The van der Waals surface area contributed by atoms with Crippen molar-refractivity contribution in [2.24, 2.45) is 0 Å². The predicted molar refractivity (Wildman–Crippen MR) is 81.3 cm³/mol. The molecule has 0 saturated carbocycles. The van der Waals surface area contributed by atoms with E-state index < -0.39 is 0 Å². The molecule has 0 amide bonds. The Kier molecular flexibility index (Phi) is 4.49. The molecule has 1 aromatic carbocycles. The average Bonchev–Trinajstić information content (AvgIpc) is 2.64. The Morgan fingerprint density at radius 1 is 1.33 bits per heavy atom. The number of halogens is 3. The lowest BCUT2D eigenvalue weighted by molar-refractivity contribution is 0.0997. The van der Waals surface area contributed by atoms with Crippen molar-refractivity contribution < 1.29 is 4.79 Å². The van der Waals surface area contributed by atoms with Crippen molar-refractivity contribution in [1.82, 2.24) is 0 Å². The van der Waals surface area contributed by atoms with E-state index in [4.69, 9.17) is 23.2 Å². The van der Waals surface area contributed by atoms with E-state index in [2.05, 4.69) is 15.9 Å². The van der Waals surface area contributed by atoms with E-state index in [9.17, 15) is 4.79 Å². The number of benzene rings is 1. The van der Waals surface area contributed by atoms with Gasteiger partial charge < -0.3 is 0 Å². The maximum atomic E-state index is 12.1. The molecule has 0 atom stereocenters. The van der Waals surface area contributed by atoms with Crippen LogP contribution in [-0.4, -0.2) is 5.78 Å². The molecular weight excluding hydrogens is 355 g/mol. The predicted octanol–water partition coefficient (Wildman–Crippen LogP) is 5.55. The highest BCUT2D eigenvalue weighted by Crippen LogP contribution is 2.29. The van der Waals surface area contributed by atoms with Crippen molar-refractivity contribution in [3.8, 4) is 0 Å². The summed E-state index contributed by atoms with van der Waals surface area (Å²) in [6.07, 6.45) is 0.270. The number of Topliss-reactive ketones (excluding diaryl/α,β-unsaturated/α-hetero) is 1. The molecule has 94 valence electrons. The Hall–Kier alpha value is -0.350. The topological polar surface area (TPSA) is 17.1 Å². The number of rotatable bonds is 3. The van der Waals surface area contributed by atoms with Gasteiger partial charge in [-0.1, -0.05) is 23.2 Å². The fourth-order valence-electron chi connectivity index (χ4n) is 1.54. The summed E-state index contributed by atoms with van der Waals surface area (Å²) >= 11 is 16.8. The molecule has 0 saturated heterocycles. The van der Waals surface area contributed by atoms with Crippen LogP contribution in [0.1, 0.15) is 20.8 Å². The van der Waals surface area contributed by atoms with Crippen molar-refractivity contribution in [2.75, 3.05) is 0 Å². The van der Waals surface area contributed by atoms with E-state index in [1.54, 1.807) is 18.2 Å². The monoisotopic (exact) mass is 362 g/mol. The summed E-state index contributed by atoms with van der Waals surface area (Å²) in [5.41, 5.74) is 1.83. The fourth-order valence-corrected chi connectivity index (χ4v) is 3.39. The Morgan fingerprint density at radius 3 is 2.67 bits per heavy atom. The van der Waals surface area contributed by atoms with Gasteiger partial charge in [0.05, 0.1) is 8.66 Å². The summed E-state index contributed by atoms with van der Waals surface area (Å²) in [6.45, 7) is 1.96. The maximum absolute atomic E-state index is 12.1. The van der Waals surface area contributed by atoms with E-state index >= 15 is 0 Å². The molecule has 2 aromatic rings. The number of carbonyl (C=O) groups excluding carboxylic acids is 1. The second kappa shape index (κ2) is 5.74. The van der Waals surface area contributed by atoms with Crippen molar-refractivity contribution in [3.05, 3.63) is 54.1 Å². The largest absolute Gasteiger partial charge is 0.293 e. The lowest BCUT2D eigenvalue weighted by atomic mass is 10.1. The molecule has 2 rings (SSSR count). The first kappa shape index (κ1) is 14.1. The molecule has 0 aliphatic carbocycles. The highest BCUT2D eigenvalue weighted by Gasteiger charge is 2.13. The van der Waals surface area contributed by atoms with Crippen molar-refractivity contribution in [3.63, 3.8) is 0 Å². The van der Waals surface area contributed by atoms with Gasteiger partial charge in [-0.05, 0) is 58.2 Å². The second-order valence-corrected chi connectivity index (χ2v) is 7.12. The van der Waals surface area contributed by atoms with Crippen LogP contribution in [0.2, 0.25) is 10.0 Å². The third-order valence-electron chi connectivity index (χ3n) is 2.49. The summed E-state index contributed by atoms with van der Waals surface area (Å²) < 4.78 is 0.989. The zero-order chi connectivity index (χ0) is 13.3. The van der Waals surface area contributed by atoms with Gasteiger partial charge in [0.15, 0.2) is 5.78 Å². The fraction of sp³-hybridized carbons (Fsp3) is 0.154. The van der Waals surface area contributed by atoms with Gasteiger partial charge in [0, 0.05) is 16.5 Å². The minimum atomic E-state index is 0.0537. The zero-order valence-corrected chi connectivity index (χ0v) is 13.4. The smallest absolute Gasteiger partial charge is 0.177 e. The summed E-state index contributed by atoms with van der Waals surface area (Å²) in [4.78, 5) is 12.9. The van der Waals surface area contributed by atoms with E-state index in [0.717, 1.165) is 19.8 Å². The number of hydrogen-bond acceptors (Lipinski definition) is 2. The van der Waals surface area contributed by atoms with E-state index in [0.29, 0.717) is 10.0 Å². The number of ketones is 1. The van der Waals surface area contributed by atoms with Crippen molar-refractivity contribution in [1.29, 1.82) is 0 Å². The van der Waals surface area contributed by atoms with Crippen molar-refractivity contribution in [2.45, 2.75) is 13.3 Å².